The first-order valence-electron chi connectivity index (χ1n) is 7.10. The number of methoxy groups -OCH3 is 1. The van der Waals surface area contributed by atoms with Gasteiger partial charge in [0, 0.05) is 27.2 Å². The number of benzene rings is 1. The minimum Gasteiger partial charge on any atom is -0.381 e. The first kappa shape index (κ1) is 13.8. The van der Waals surface area contributed by atoms with Crippen molar-refractivity contribution < 1.29 is 4.74 Å². The number of para-hydroxylation sites is 2. The standard InChI is InChI=1S/C15H21N3OS/c1-16-13-5-3-4-6-14(13)18(15(16)20)11-17-9-7-12(19-2)8-10-17/h3-6,12H,7-11H2,1-2H3. The molecule has 1 aromatic carbocycles. The predicted molar refractivity (Wildman–Crippen MR) is 83.3 cm³/mol. The summed E-state index contributed by atoms with van der Waals surface area (Å²) in [6.45, 7) is 3.02. The van der Waals surface area contributed by atoms with Crippen LogP contribution < -0.4 is 0 Å². The third kappa shape index (κ3) is 2.41. The van der Waals surface area contributed by atoms with E-state index in [0.717, 1.165) is 37.4 Å². The average Bonchev–Trinajstić information content (AvgIpc) is 2.74. The van der Waals surface area contributed by atoms with E-state index in [-0.39, 0.29) is 0 Å². The minimum atomic E-state index is 0.423. The van der Waals surface area contributed by atoms with Gasteiger partial charge >= 0.3 is 0 Å². The van der Waals surface area contributed by atoms with Gasteiger partial charge < -0.3 is 13.9 Å². The molecule has 2 heterocycles. The minimum absolute atomic E-state index is 0.423. The van der Waals surface area contributed by atoms with E-state index in [0.29, 0.717) is 6.10 Å². The zero-order valence-corrected chi connectivity index (χ0v) is 12.9. The van der Waals surface area contributed by atoms with Crippen LogP contribution in [0.4, 0.5) is 0 Å². The van der Waals surface area contributed by atoms with Gasteiger partial charge in [-0.3, -0.25) is 4.90 Å². The van der Waals surface area contributed by atoms with Crippen LogP contribution in [-0.2, 0) is 18.5 Å². The Kier molecular flexibility index (Phi) is 3.92. The van der Waals surface area contributed by atoms with Crippen molar-refractivity contribution in [3.8, 4) is 0 Å². The monoisotopic (exact) mass is 291 g/mol. The second kappa shape index (κ2) is 5.68. The Labute approximate surface area is 124 Å². The van der Waals surface area contributed by atoms with Crippen LogP contribution in [0.1, 0.15) is 12.8 Å². The number of ether oxygens (including phenoxy) is 1. The van der Waals surface area contributed by atoms with Crippen molar-refractivity contribution in [1.29, 1.82) is 0 Å². The van der Waals surface area contributed by atoms with Gasteiger partial charge in [-0.05, 0) is 37.2 Å². The van der Waals surface area contributed by atoms with E-state index < -0.39 is 0 Å². The first-order chi connectivity index (χ1) is 9.70. The number of piperidine rings is 1. The van der Waals surface area contributed by atoms with E-state index in [1.165, 1.54) is 11.0 Å². The SMILES string of the molecule is COC1CCN(Cn2c(=S)n(C)c3ccccc32)CC1. The van der Waals surface area contributed by atoms with Crippen molar-refractivity contribution in [1.82, 2.24) is 14.0 Å². The summed E-state index contributed by atoms with van der Waals surface area (Å²) in [5.74, 6) is 0. The Hall–Kier alpha value is -1.17. The number of likely N-dealkylation sites (tertiary alicyclic amines) is 1. The molecular weight excluding hydrogens is 270 g/mol. The number of hydrogen-bond acceptors (Lipinski definition) is 3. The summed E-state index contributed by atoms with van der Waals surface area (Å²) in [5.41, 5.74) is 2.41. The highest BCUT2D eigenvalue weighted by Gasteiger charge is 2.19. The quantitative estimate of drug-likeness (QED) is 0.812. The maximum Gasteiger partial charge on any atom is 0.181 e. The van der Waals surface area contributed by atoms with Crippen LogP contribution in [0.2, 0.25) is 0 Å². The molecule has 0 aliphatic carbocycles. The number of aryl methyl sites for hydroxylation is 1. The van der Waals surface area contributed by atoms with E-state index in [2.05, 4.69) is 38.3 Å². The smallest absolute Gasteiger partial charge is 0.181 e. The van der Waals surface area contributed by atoms with Gasteiger partial charge in [-0.2, -0.15) is 0 Å². The summed E-state index contributed by atoms with van der Waals surface area (Å²) in [7, 11) is 3.85. The van der Waals surface area contributed by atoms with Crippen molar-refractivity contribution in [2.24, 2.45) is 7.05 Å². The normalized spacial score (nSPS) is 17.9. The molecule has 1 aromatic heterocycles. The predicted octanol–water partition coefficient (Wildman–Crippen LogP) is 2.78. The van der Waals surface area contributed by atoms with Crippen LogP contribution >= 0.6 is 12.2 Å². The summed E-state index contributed by atoms with van der Waals surface area (Å²) < 4.78 is 10.6. The third-order valence-corrected chi connectivity index (χ3v) is 4.76. The maximum absolute atomic E-state index is 5.58. The van der Waals surface area contributed by atoms with Gasteiger partial charge in [0.1, 0.15) is 0 Å². The molecule has 2 aromatic rings. The zero-order chi connectivity index (χ0) is 14.1. The summed E-state index contributed by atoms with van der Waals surface area (Å²) in [6, 6.07) is 8.40. The van der Waals surface area contributed by atoms with E-state index in [1.54, 1.807) is 7.11 Å². The van der Waals surface area contributed by atoms with Gasteiger partial charge in [-0.15, -0.1) is 0 Å². The molecule has 1 aliphatic rings. The highest BCUT2D eigenvalue weighted by atomic mass is 32.1. The van der Waals surface area contributed by atoms with Crippen LogP contribution in [0.15, 0.2) is 24.3 Å². The Bertz CT molecular complexity index is 653. The molecule has 0 N–H and O–H groups in total. The number of imidazole rings is 1. The lowest BCUT2D eigenvalue weighted by molar-refractivity contribution is 0.0321. The molecule has 108 valence electrons. The topological polar surface area (TPSA) is 22.3 Å². The van der Waals surface area contributed by atoms with Crippen LogP contribution in [-0.4, -0.2) is 40.3 Å². The van der Waals surface area contributed by atoms with Crippen LogP contribution in [0, 0.1) is 4.77 Å². The number of fused-ring (bicyclic) bond motifs is 1. The lowest BCUT2D eigenvalue weighted by Crippen LogP contribution is -2.37. The van der Waals surface area contributed by atoms with Crippen LogP contribution in [0.5, 0.6) is 0 Å². The number of aromatic nitrogens is 2. The first-order valence-corrected chi connectivity index (χ1v) is 7.51. The fraction of sp³-hybridized carbons (Fsp3) is 0.533. The highest BCUT2D eigenvalue weighted by Crippen LogP contribution is 2.19. The van der Waals surface area contributed by atoms with E-state index in [1.807, 2.05) is 7.05 Å². The van der Waals surface area contributed by atoms with Gasteiger partial charge in [-0.25, -0.2) is 0 Å². The molecule has 0 amide bonds. The zero-order valence-electron chi connectivity index (χ0n) is 12.1. The summed E-state index contributed by atoms with van der Waals surface area (Å²) in [4.78, 5) is 2.46. The van der Waals surface area contributed by atoms with E-state index in [4.69, 9.17) is 17.0 Å². The molecule has 1 saturated heterocycles. The Morgan fingerprint density at radius 3 is 2.50 bits per heavy atom. The molecule has 0 unspecified atom stereocenters. The number of rotatable bonds is 3. The molecule has 0 spiro atoms. The lowest BCUT2D eigenvalue weighted by atomic mass is 10.1. The fourth-order valence-electron chi connectivity index (χ4n) is 2.99. The van der Waals surface area contributed by atoms with Crippen molar-refractivity contribution in [2.45, 2.75) is 25.6 Å². The molecule has 20 heavy (non-hydrogen) atoms. The molecule has 0 bridgehead atoms. The average molecular weight is 291 g/mol. The Balaban J connectivity index is 1.85. The number of nitrogens with zero attached hydrogens (tertiary/aromatic N) is 3. The van der Waals surface area contributed by atoms with E-state index >= 15 is 0 Å². The third-order valence-electron chi connectivity index (χ3n) is 4.26. The van der Waals surface area contributed by atoms with Crippen molar-refractivity contribution in [3.63, 3.8) is 0 Å². The number of hydrogen-bond donors (Lipinski definition) is 0. The molecule has 1 aliphatic heterocycles. The maximum atomic E-state index is 5.58. The second-order valence-corrected chi connectivity index (χ2v) is 5.82. The van der Waals surface area contributed by atoms with Crippen LogP contribution in [0.25, 0.3) is 11.0 Å². The summed E-state index contributed by atoms with van der Waals surface area (Å²) in [6.07, 6.45) is 2.63. The molecule has 0 radical (unpaired) electrons. The Morgan fingerprint density at radius 1 is 1.20 bits per heavy atom. The highest BCUT2D eigenvalue weighted by molar-refractivity contribution is 7.71. The Morgan fingerprint density at radius 2 is 1.85 bits per heavy atom. The van der Waals surface area contributed by atoms with Crippen molar-refractivity contribution in [2.75, 3.05) is 20.2 Å². The summed E-state index contributed by atoms with van der Waals surface area (Å²) in [5, 5.41) is 0. The largest absolute Gasteiger partial charge is 0.381 e. The van der Waals surface area contributed by atoms with Gasteiger partial charge in [0.15, 0.2) is 4.77 Å². The summed E-state index contributed by atoms with van der Waals surface area (Å²) >= 11 is 5.58. The molecule has 3 rings (SSSR count). The molecule has 0 saturated carbocycles. The second-order valence-electron chi connectivity index (χ2n) is 5.45. The fourth-order valence-corrected chi connectivity index (χ4v) is 3.24. The molecule has 4 nitrogen and oxygen atoms in total. The van der Waals surface area contributed by atoms with Crippen molar-refractivity contribution in [3.05, 3.63) is 29.0 Å². The van der Waals surface area contributed by atoms with Gasteiger partial charge in [0.05, 0.1) is 23.8 Å². The van der Waals surface area contributed by atoms with Crippen molar-refractivity contribution >= 4 is 23.3 Å². The lowest BCUT2D eigenvalue weighted by Gasteiger charge is -2.31. The molecular formula is C15H21N3OS. The molecule has 0 atom stereocenters. The molecule has 5 heteroatoms. The van der Waals surface area contributed by atoms with Crippen LogP contribution in [0.3, 0.4) is 0 Å². The van der Waals surface area contributed by atoms with Gasteiger partial charge in [0.25, 0.3) is 0 Å². The van der Waals surface area contributed by atoms with Gasteiger partial charge in [0.2, 0.25) is 0 Å². The molecule has 1 fully saturated rings. The van der Waals surface area contributed by atoms with E-state index in [9.17, 15) is 0 Å². The van der Waals surface area contributed by atoms with Gasteiger partial charge in [-0.1, -0.05) is 12.1 Å².